The minimum Gasteiger partial charge on any atom is -0.388 e. The van der Waals surface area contributed by atoms with Crippen molar-refractivity contribution in [2.24, 2.45) is 0 Å². The van der Waals surface area contributed by atoms with Crippen LogP contribution in [0.1, 0.15) is 18.1 Å². The number of nitriles is 1. The van der Waals surface area contributed by atoms with E-state index in [9.17, 15) is 9.50 Å². The summed E-state index contributed by atoms with van der Waals surface area (Å²) in [6, 6.07) is 6.22. The van der Waals surface area contributed by atoms with Crippen molar-refractivity contribution in [1.82, 2.24) is 10.2 Å². The number of halogens is 1. The second-order valence-corrected chi connectivity index (χ2v) is 5.26. The van der Waals surface area contributed by atoms with Gasteiger partial charge in [-0.1, -0.05) is 0 Å². The molecular formula is C14H20FN3O. The molecule has 0 bridgehead atoms. The summed E-state index contributed by atoms with van der Waals surface area (Å²) in [7, 11) is 3.76. The van der Waals surface area contributed by atoms with Gasteiger partial charge in [-0.25, -0.2) is 4.39 Å². The number of nitrogens with one attached hydrogen (secondary N) is 1. The van der Waals surface area contributed by atoms with E-state index in [1.165, 1.54) is 18.2 Å². The molecule has 1 aromatic rings. The predicted molar refractivity (Wildman–Crippen MR) is 72.0 cm³/mol. The number of hydrogen-bond acceptors (Lipinski definition) is 4. The Morgan fingerprint density at radius 1 is 1.47 bits per heavy atom. The smallest absolute Gasteiger partial charge is 0.127 e. The van der Waals surface area contributed by atoms with Crippen LogP contribution in [0.25, 0.3) is 0 Å². The lowest BCUT2D eigenvalue weighted by Crippen LogP contribution is -2.45. The first kappa shape index (κ1) is 15.6. The van der Waals surface area contributed by atoms with Crippen LogP contribution in [0.15, 0.2) is 18.2 Å². The lowest BCUT2D eigenvalue weighted by Gasteiger charge is -2.27. The first-order chi connectivity index (χ1) is 8.84. The van der Waals surface area contributed by atoms with Crippen molar-refractivity contribution >= 4 is 0 Å². The van der Waals surface area contributed by atoms with Crippen molar-refractivity contribution in [3.8, 4) is 6.07 Å². The highest BCUT2D eigenvalue weighted by molar-refractivity contribution is 5.33. The molecule has 104 valence electrons. The molecule has 4 nitrogen and oxygen atoms in total. The molecule has 19 heavy (non-hydrogen) atoms. The number of nitrogens with zero attached hydrogens (tertiary/aromatic N) is 2. The van der Waals surface area contributed by atoms with Crippen LogP contribution in [0.4, 0.5) is 4.39 Å². The van der Waals surface area contributed by atoms with Crippen LogP contribution in [-0.2, 0) is 6.54 Å². The van der Waals surface area contributed by atoms with E-state index in [1.807, 2.05) is 25.1 Å². The van der Waals surface area contributed by atoms with Gasteiger partial charge < -0.3 is 15.3 Å². The number of likely N-dealkylation sites (N-methyl/N-ethyl adjacent to an activating group) is 1. The normalized spacial score (nSPS) is 14.2. The van der Waals surface area contributed by atoms with Gasteiger partial charge in [0.15, 0.2) is 0 Å². The second-order valence-electron chi connectivity index (χ2n) is 5.26. The number of hydrogen-bond donors (Lipinski definition) is 2. The molecule has 5 heteroatoms. The van der Waals surface area contributed by atoms with Gasteiger partial charge in [0, 0.05) is 25.2 Å². The van der Waals surface area contributed by atoms with Crippen molar-refractivity contribution in [3.63, 3.8) is 0 Å². The SMILES string of the molecule is CN(C)CC(C)(O)CNCc1cc(C#N)ccc1F. The average Bonchev–Trinajstić information content (AvgIpc) is 2.29. The van der Waals surface area contributed by atoms with Gasteiger partial charge in [0.2, 0.25) is 0 Å². The Balaban J connectivity index is 2.56. The van der Waals surface area contributed by atoms with Crippen LogP contribution in [-0.4, -0.2) is 42.8 Å². The van der Waals surface area contributed by atoms with E-state index in [1.54, 1.807) is 6.92 Å². The third-order valence-electron chi connectivity index (χ3n) is 2.65. The Kier molecular flexibility index (Phi) is 5.43. The van der Waals surface area contributed by atoms with Crippen LogP contribution in [0.5, 0.6) is 0 Å². The largest absolute Gasteiger partial charge is 0.388 e. The molecule has 0 fully saturated rings. The summed E-state index contributed by atoms with van der Waals surface area (Å²) >= 11 is 0. The fraction of sp³-hybridized carbons (Fsp3) is 0.500. The highest BCUT2D eigenvalue weighted by Gasteiger charge is 2.20. The van der Waals surface area contributed by atoms with Gasteiger partial charge in [-0.2, -0.15) is 5.26 Å². The van der Waals surface area contributed by atoms with Crippen LogP contribution in [0.3, 0.4) is 0 Å². The van der Waals surface area contributed by atoms with E-state index in [2.05, 4.69) is 5.32 Å². The molecule has 2 N–H and O–H groups in total. The van der Waals surface area contributed by atoms with Crippen LogP contribution >= 0.6 is 0 Å². The first-order valence-corrected chi connectivity index (χ1v) is 6.10. The fourth-order valence-electron chi connectivity index (χ4n) is 1.98. The topological polar surface area (TPSA) is 59.3 Å². The Morgan fingerprint density at radius 3 is 2.74 bits per heavy atom. The van der Waals surface area contributed by atoms with E-state index in [-0.39, 0.29) is 12.4 Å². The number of aliphatic hydroxyl groups is 1. The molecule has 0 saturated heterocycles. The maximum atomic E-state index is 13.5. The Labute approximate surface area is 113 Å². The molecule has 0 aliphatic carbocycles. The lowest BCUT2D eigenvalue weighted by molar-refractivity contribution is 0.0335. The third kappa shape index (κ3) is 5.35. The minimum absolute atomic E-state index is 0.283. The third-order valence-corrected chi connectivity index (χ3v) is 2.65. The quantitative estimate of drug-likeness (QED) is 0.808. The van der Waals surface area contributed by atoms with Crippen molar-refractivity contribution < 1.29 is 9.50 Å². The number of benzene rings is 1. The zero-order valence-corrected chi connectivity index (χ0v) is 11.6. The molecule has 0 saturated carbocycles. The van der Waals surface area contributed by atoms with Gasteiger partial charge in [-0.15, -0.1) is 0 Å². The van der Waals surface area contributed by atoms with Crippen molar-refractivity contribution in [1.29, 1.82) is 5.26 Å². The van der Waals surface area contributed by atoms with E-state index in [0.717, 1.165) is 0 Å². The number of rotatable bonds is 6. The highest BCUT2D eigenvalue weighted by atomic mass is 19.1. The van der Waals surface area contributed by atoms with Crippen molar-refractivity contribution in [3.05, 3.63) is 35.1 Å². The van der Waals surface area contributed by atoms with Crippen molar-refractivity contribution in [2.45, 2.75) is 19.1 Å². The molecule has 1 unspecified atom stereocenters. The summed E-state index contributed by atoms with van der Waals surface area (Å²) in [6.07, 6.45) is 0. The van der Waals surface area contributed by atoms with Crippen molar-refractivity contribution in [2.75, 3.05) is 27.2 Å². The summed E-state index contributed by atoms with van der Waals surface area (Å²) < 4.78 is 13.5. The molecular weight excluding hydrogens is 245 g/mol. The van der Waals surface area contributed by atoms with Crippen LogP contribution < -0.4 is 5.32 Å². The zero-order chi connectivity index (χ0) is 14.5. The molecule has 1 rings (SSSR count). The monoisotopic (exact) mass is 265 g/mol. The molecule has 0 aliphatic rings. The average molecular weight is 265 g/mol. The molecule has 0 aliphatic heterocycles. The molecule has 0 spiro atoms. The van der Waals surface area contributed by atoms with E-state index >= 15 is 0 Å². The van der Waals surface area contributed by atoms with E-state index in [0.29, 0.717) is 24.2 Å². The summed E-state index contributed by atoms with van der Waals surface area (Å²) in [5.74, 6) is -0.348. The molecule has 0 aromatic heterocycles. The molecule has 1 aromatic carbocycles. The molecule has 0 amide bonds. The standard InChI is InChI=1S/C14H20FN3O/c1-14(19,10-18(2)3)9-17-8-12-6-11(7-16)4-5-13(12)15/h4-6,17,19H,8-10H2,1-3H3. The lowest BCUT2D eigenvalue weighted by atomic mass is 10.1. The minimum atomic E-state index is -0.882. The van der Waals surface area contributed by atoms with E-state index in [4.69, 9.17) is 5.26 Å². The van der Waals surface area contributed by atoms with Gasteiger partial charge in [-0.3, -0.25) is 0 Å². The Bertz CT molecular complexity index is 466. The highest BCUT2D eigenvalue weighted by Crippen LogP contribution is 2.10. The van der Waals surface area contributed by atoms with Gasteiger partial charge in [-0.05, 0) is 39.2 Å². The summed E-state index contributed by atoms with van der Waals surface area (Å²) in [5, 5.41) is 21.9. The first-order valence-electron chi connectivity index (χ1n) is 6.10. The Hall–Kier alpha value is -1.48. The van der Waals surface area contributed by atoms with E-state index < -0.39 is 5.60 Å². The molecule has 0 heterocycles. The van der Waals surface area contributed by atoms with Gasteiger partial charge in [0.05, 0.1) is 17.2 Å². The van der Waals surface area contributed by atoms with Gasteiger partial charge in [0.25, 0.3) is 0 Å². The fourth-order valence-corrected chi connectivity index (χ4v) is 1.98. The van der Waals surface area contributed by atoms with Gasteiger partial charge in [0.1, 0.15) is 5.82 Å². The summed E-state index contributed by atoms with van der Waals surface area (Å²) in [6.45, 7) is 2.87. The van der Waals surface area contributed by atoms with Crippen LogP contribution in [0, 0.1) is 17.1 Å². The van der Waals surface area contributed by atoms with Crippen LogP contribution in [0.2, 0.25) is 0 Å². The summed E-state index contributed by atoms with van der Waals surface area (Å²) in [4.78, 5) is 1.89. The summed E-state index contributed by atoms with van der Waals surface area (Å²) in [5.41, 5.74) is -0.0229. The second kappa shape index (κ2) is 6.62. The maximum Gasteiger partial charge on any atom is 0.127 e. The van der Waals surface area contributed by atoms with Gasteiger partial charge >= 0.3 is 0 Å². The predicted octanol–water partition coefficient (Wildman–Crippen LogP) is 1.10. The maximum absolute atomic E-state index is 13.5. The zero-order valence-electron chi connectivity index (χ0n) is 11.6. The molecule has 1 atom stereocenters. The molecule has 0 radical (unpaired) electrons. The Morgan fingerprint density at radius 2 is 2.16 bits per heavy atom.